The van der Waals surface area contributed by atoms with Gasteiger partial charge in [0.05, 0.1) is 12.7 Å². The lowest BCUT2D eigenvalue weighted by molar-refractivity contribution is -0.0163. The van der Waals surface area contributed by atoms with E-state index >= 15 is 0 Å². The number of rotatable bonds is 2. The molecular formula is C16H31IN4O. The maximum absolute atomic E-state index is 5.82. The summed E-state index contributed by atoms with van der Waals surface area (Å²) in [6.07, 6.45) is 5.95. The molecule has 0 aromatic heterocycles. The van der Waals surface area contributed by atoms with Crippen molar-refractivity contribution >= 4 is 29.9 Å². The van der Waals surface area contributed by atoms with Crippen LogP contribution in [0.15, 0.2) is 4.99 Å². The van der Waals surface area contributed by atoms with Gasteiger partial charge in [0.15, 0.2) is 5.96 Å². The van der Waals surface area contributed by atoms with E-state index < -0.39 is 0 Å². The fourth-order valence-electron chi connectivity index (χ4n) is 4.11. The third-order valence-corrected chi connectivity index (χ3v) is 5.32. The summed E-state index contributed by atoms with van der Waals surface area (Å²) in [5.74, 6) is 2.87. The monoisotopic (exact) mass is 422 g/mol. The van der Waals surface area contributed by atoms with Crippen LogP contribution in [0.1, 0.15) is 25.7 Å². The Labute approximate surface area is 151 Å². The molecule has 2 saturated heterocycles. The van der Waals surface area contributed by atoms with E-state index in [4.69, 9.17) is 4.74 Å². The van der Waals surface area contributed by atoms with Crippen LogP contribution in [0, 0.1) is 11.8 Å². The van der Waals surface area contributed by atoms with Crippen LogP contribution in [0.25, 0.3) is 0 Å². The van der Waals surface area contributed by atoms with Gasteiger partial charge in [0, 0.05) is 39.8 Å². The van der Waals surface area contributed by atoms with Gasteiger partial charge in [0.25, 0.3) is 0 Å². The van der Waals surface area contributed by atoms with E-state index in [1.165, 1.54) is 38.8 Å². The van der Waals surface area contributed by atoms with Gasteiger partial charge in [-0.1, -0.05) is 12.8 Å². The summed E-state index contributed by atoms with van der Waals surface area (Å²) in [6.45, 7) is 6.14. The predicted molar refractivity (Wildman–Crippen MR) is 101 cm³/mol. The van der Waals surface area contributed by atoms with E-state index in [9.17, 15) is 0 Å². The maximum atomic E-state index is 5.82. The van der Waals surface area contributed by atoms with Crippen LogP contribution in [0.3, 0.4) is 0 Å². The first-order chi connectivity index (χ1) is 10.3. The minimum absolute atomic E-state index is 0. The minimum Gasteiger partial charge on any atom is -0.374 e. The number of ether oxygens (including phenoxy) is 1. The number of guanidine groups is 1. The molecule has 3 atom stereocenters. The fraction of sp³-hybridized carbons (Fsp3) is 0.938. The van der Waals surface area contributed by atoms with Gasteiger partial charge in [-0.05, 0) is 31.7 Å². The normalized spacial score (nSPS) is 33.3. The van der Waals surface area contributed by atoms with Crippen LogP contribution in [0.4, 0.5) is 0 Å². The summed E-state index contributed by atoms with van der Waals surface area (Å²) in [5, 5.41) is 3.54. The van der Waals surface area contributed by atoms with Crippen molar-refractivity contribution in [1.82, 2.24) is 15.1 Å². The Hall–Kier alpha value is -0.0800. The molecule has 5 nitrogen and oxygen atoms in total. The van der Waals surface area contributed by atoms with Crippen molar-refractivity contribution in [1.29, 1.82) is 0 Å². The van der Waals surface area contributed by atoms with Gasteiger partial charge in [-0.25, -0.2) is 0 Å². The second-order valence-corrected chi connectivity index (χ2v) is 6.89. The predicted octanol–water partition coefficient (Wildman–Crippen LogP) is 1.63. The highest BCUT2D eigenvalue weighted by Crippen LogP contribution is 2.35. The number of likely N-dealkylation sites (tertiary alicyclic amines) is 1. The first kappa shape index (κ1) is 18.3. The molecule has 1 saturated carbocycles. The topological polar surface area (TPSA) is 40.1 Å². The molecule has 3 rings (SSSR count). The number of halogens is 1. The van der Waals surface area contributed by atoms with Gasteiger partial charge in [0.2, 0.25) is 0 Å². The molecule has 0 spiro atoms. The molecule has 3 unspecified atom stereocenters. The Kier molecular flexibility index (Phi) is 7.21. The molecule has 0 amide bonds. The average molecular weight is 422 g/mol. The Morgan fingerprint density at radius 3 is 2.45 bits per heavy atom. The molecule has 0 bridgehead atoms. The van der Waals surface area contributed by atoms with Crippen LogP contribution in [0.5, 0.6) is 0 Å². The second-order valence-electron chi connectivity index (χ2n) is 6.89. The zero-order valence-corrected chi connectivity index (χ0v) is 16.3. The molecule has 2 heterocycles. The zero-order chi connectivity index (χ0) is 14.7. The molecule has 2 aliphatic heterocycles. The van der Waals surface area contributed by atoms with Crippen molar-refractivity contribution in [3.63, 3.8) is 0 Å². The number of nitrogens with one attached hydrogen (secondary N) is 1. The van der Waals surface area contributed by atoms with E-state index in [1.807, 2.05) is 7.05 Å². The van der Waals surface area contributed by atoms with Crippen molar-refractivity contribution in [2.24, 2.45) is 16.8 Å². The quantitative estimate of drug-likeness (QED) is 0.417. The summed E-state index contributed by atoms with van der Waals surface area (Å²) >= 11 is 0. The minimum atomic E-state index is 0. The summed E-state index contributed by atoms with van der Waals surface area (Å²) in [5.41, 5.74) is 0. The Morgan fingerprint density at radius 2 is 1.86 bits per heavy atom. The third kappa shape index (κ3) is 4.47. The number of nitrogens with zero attached hydrogens (tertiary/aromatic N) is 3. The van der Waals surface area contributed by atoms with Gasteiger partial charge in [-0.3, -0.25) is 4.99 Å². The van der Waals surface area contributed by atoms with Crippen LogP contribution in [-0.4, -0.2) is 75.3 Å². The molecule has 3 aliphatic rings. The Balaban J connectivity index is 0.00000176. The Morgan fingerprint density at radius 1 is 1.18 bits per heavy atom. The highest BCUT2D eigenvalue weighted by Gasteiger charge is 2.35. The van der Waals surface area contributed by atoms with Crippen LogP contribution in [-0.2, 0) is 4.74 Å². The lowest BCUT2D eigenvalue weighted by atomic mass is 9.82. The van der Waals surface area contributed by atoms with Crippen molar-refractivity contribution in [2.45, 2.75) is 31.8 Å². The summed E-state index contributed by atoms with van der Waals surface area (Å²) < 4.78 is 5.82. The molecule has 22 heavy (non-hydrogen) atoms. The van der Waals surface area contributed by atoms with E-state index in [0.717, 1.165) is 44.0 Å². The number of hydrogen-bond donors (Lipinski definition) is 1. The van der Waals surface area contributed by atoms with Gasteiger partial charge in [-0.15, -0.1) is 24.0 Å². The van der Waals surface area contributed by atoms with E-state index in [2.05, 4.69) is 27.2 Å². The molecule has 0 aromatic rings. The van der Waals surface area contributed by atoms with Crippen LogP contribution < -0.4 is 5.32 Å². The largest absolute Gasteiger partial charge is 0.374 e. The molecule has 6 heteroatoms. The summed E-state index contributed by atoms with van der Waals surface area (Å²) in [6, 6.07) is 0. The first-order valence-corrected chi connectivity index (χ1v) is 8.52. The molecule has 128 valence electrons. The molecule has 0 aromatic carbocycles. The van der Waals surface area contributed by atoms with E-state index in [-0.39, 0.29) is 30.1 Å². The maximum Gasteiger partial charge on any atom is 0.193 e. The molecule has 0 radical (unpaired) electrons. The number of fused-ring (bicyclic) bond motifs is 1. The Bertz CT molecular complexity index is 365. The van der Waals surface area contributed by atoms with Gasteiger partial charge in [-0.2, -0.15) is 0 Å². The second kappa shape index (κ2) is 8.68. The molecule has 1 aliphatic carbocycles. The van der Waals surface area contributed by atoms with Crippen LogP contribution >= 0.6 is 24.0 Å². The lowest BCUT2D eigenvalue weighted by Gasteiger charge is -2.31. The first-order valence-electron chi connectivity index (χ1n) is 8.52. The van der Waals surface area contributed by atoms with Crippen molar-refractivity contribution in [2.75, 3.05) is 53.4 Å². The molecular weight excluding hydrogens is 391 g/mol. The molecule has 3 fully saturated rings. The van der Waals surface area contributed by atoms with Crippen LogP contribution in [0.2, 0.25) is 0 Å². The van der Waals surface area contributed by atoms with E-state index in [0.29, 0.717) is 0 Å². The van der Waals surface area contributed by atoms with E-state index in [1.54, 1.807) is 0 Å². The summed E-state index contributed by atoms with van der Waals surface area (Å²) in [4.78, 5) is 9.30. The number of likely N-dealkylation sites (N-methyl/N-ethyl adjacent to an activating group) is 1. The number of aliphatic imine (C=N–C) groups is 1. The highest BCUT2D eigenvalue weighted by molar-refractivity contribution is 14.0. The number of morpholine rings is 1. The highest BCUT2D eigenvalue weighted by atomic mass is 127. The lowest BCUT2D eigenvalue weighted by Crippen LogP contribution is -2.49. The van der Waals surface area contributed by atoms with Gasteiger partial charge >= 0.3 is 0 Å². The third-order valence-electron chi connectivity index (χ3n) is 5.32. The fourth-order valence-corrected chi connectivity index (χ4v) is 4.11. The van der Waals surface area contributed by atoms with Crippen molar-refractivity contribution in [3.05, 3.63) is 0 Å². The molecule has 1 N–H and O–H groups in total. The van der Waals surface area contributed by atoms with Gasteiger partial charge in [0.1, 0.15) is 0 Å². The smallest absolute Gasteiger partial charge is 0.193 e. The van der Waals surface area contributed by atoms with Gasteiger partial charge < -0.3 is 19.9 Å². The standard InChI is InChI=1S/C16H30N4O.HI/c1-17-16(18-9-15-12-19(2)7-8-21-15)20-10-13-5-3-4-6-14(13)11-20;/h13-15H,3-12H2,1-2H3,(H,17,18);1H. The zero-order valence-electron chi connectivity index (χ0n) is 14.0. The SMILES string of the molecule is CN=C(NCC1CN(C)CCO1)N1CC2CCCCC2C1.I. The number of hydrogen-bond acceptors (Lipinski definition) is 3. The average Bonchev–Trinajstić information content (AvgIpc) is 2.91. The summed E-state index contributed by atoms with van der Waals surface area (Å²) in [7, 11) is 4.06. The van der Waals surface area contributed by atoms with Crippen molar-refractivity contribution in [3.8, 4) is 0 Å². The van der Waals surface area contributed by atoms with Crippen molar-refractivity contribution < 1.29 is 4.74 Å².